The van der Waals surface area contributed by atoms with Crippen LogP contribution in [-0.2, 0) is 13.1 Å². The van der Waals surface area contributed by atoms with Crippen LogP contribution < -0.4 is 5.32 Å². The number of benzene rings is 1. The smallest absolute Gasteiger partial charge is 0.379 e. The summed E-state index contributed by atoms with van der Waals surface area (Å²) < 4.78 is 38.7. The van der Waals surface area contributed by atoms with Gasteiger partial charge in [0.05, 0.1) is 6.54 Å². The van der Waals surface area contributed by atoms with Crippen LogP contribution in [0.15, 0.2) is 47.5 Å². The number of nitrogens with one attached hydrogen (secondary N) is 1. The highest BCUT2D eigenvalue weighted by molar-refractivity contribution is 8.00. The van der Waals surface area contributed by atoms with Gasteiger partial charge in [-0.3, -0.25) is 0 Å². The number of hydrogen-bond acceptors (Lipinski definition) is 2. The average Bonchev–Trinajstić information content (AvgIpc) is 2.83. The lowest BCUT2D eigenvalue weighted by Gasteiger charge is -2.10. The van der Waals surface area contributed by atoms with Gasteiger partial charge in [-0.2, -0.15) is 13.2 Å². The lowest BCUT2D eigenvalue weighted by molar-refractivity contribution is -0.0328. The number of aromatic nitrogens is 1. The minimum Gasteiger partial charge on any atom is -0.379 e. The van der Waals surface area contributed by atoms with E-state index in [-0.39, 0.29) is 16.7 Å². The monoisotopic (exact) mass is 300 g/mol. The van der Waals surface area contributed by atoms with Crippen molar-refractivity contribution in [3.63, 3.8) is 0 Å². The van der Waals surface area contributed by atoms with E-state index < -0.39 is 5.51 Å². The van der Waals surface area contributed by atoms with E-state index >= 15 is 0 Å². The van der Waals surface area contributed by atoms with Crippen molar-refractivity contribution < 1.29 is 13.2 Å². The first-order valence-electron chi connectivity index (χ1n) is 6.21. The van der Waals surface area contributed by atoms with Gasteiger partial charge in [0, 0.05) is 29.0 Å². The maximum Gasteiger partial charge on any atom is 0.446 e. The van der Waals surface area contributed by atoms with Crippen LogP contribution in [0.25, 0.3) is 0 Å². The molecular formula is C14H15F3N2S. The van der Waals surface area contributed by atoms with Gasteiger partial charge in [0.15, 0.2) is 0 Å². The molecule has 20 heavy (non-hydrogen) atoms. The summed E-state index contributed by atoms with van der Waals surface area (Å²) in [6.45, 7) is 3.60. The summed E-state index contributed by atoms with van der Waals surface area (Å²) in [7, 11) is 0. The first-order chi connectivity index (χ1) is 9.48. The summed E-state index contributed by atoms with van der Waals surface area (Å²) >= 11 is -0.101. The highest BCUT2D eigenvalue weighted by atomic mass is 32.2. The third-order valence-corrected chi connectivity index (χ3v) is 3.57. The summed E-state index contributed by atoms with van der Waals surface area (Å²) in [5.41, 5.74) is -2.29. The van der Waals surface area contributed by atoms with E-state index in [1.54, 1.807) is 12.1 Å². The van der Waals surface area contributed by atoms with E-state index in [0.717, 1.165) is 17.9 Å². The van der Waals surface area contributed by atoms with Gasteiger partial charge in [0.2, 0.25) is 0 Å². The lowest BCUT2D eigenvalue weighted by Crippen LogP contribution is -2.05. The molecule has 0 bridgehead atoms. The molecule has 108 valence electrons. The van der Waals surface area contributed by atoms with Crippen LogP contribution in [0, 0.1) is 0 Å². The van der Waals surface area contributed by atoms with Crippen molar-refractivity contribution in [2.45, 2.75) is 30.4 Å². The number of halogens is 3. The third-order valence-electron chi connectivity index (χ3n) is 2.83. The Morgan fingerprint density at radius 2 is 1.85 bits per heavy atom. The van der Waals surface area contributed by atoms with Crippen molar-refractivity contribution in [2.24, 2.45) is 0 Å². The summed E-state index contributed by atoms with van der Waals surface area (Å²) in [6.07, 6.45) is 2.00. The number of hydrogen-bond donors (Lipinski definition) is 1. The number of nitrogens with zero attached hydrogens (tertiary/aromatic N) is 1. The Labute approximate surface area is 120 Å². The number of aryl methyl sites for hydroxylation is 1. The molecule has 2 nitrogen and oxygen atoms in total. The normalized spacial score (nSPS) is 11.6. The largest absolute Gasteiger partial charge is 0.446 e. The van der Waals surface area contributed by atoms with Crippen molar-refractivity contribution in [1.29, 1.82) is 0 Å². The quantitative estimate of drug-likeness (QED) is 0.804. The molecule has 2 aromatic rings. The molecule has 0 atom stereocenters. The van der Waals surface area contributed by atoms with E-state index in [9.17, 15) is 13.2 Å². The van der Waals surface area contributed by atoms with Gasteiger partial charge in [-0.05, 0) is 55.1 Å². The van der Waals surface area contributed by atoms with Gasteiger partial charge >= 0.3 is 5.51 Å². The maximum atomic E-state index is 12.2. The summed E-state index contributed by atoms with van der Waals surface area (Å²) in [5, 5.41) is 3.20. The zero-order chi connectivity index (χ0) is 14.6. The van der Waals surface area contributed by atoms with Gasteiger partial charge in [0.25, 0.3) is 0 Å². The first-order valence-corrected chi connectivity index (χ1v) is 7.03. The van der Waals surface area contributed by atoms with Crippen molar-refractivity contribution in [3.8, 4) is 0 Å². The Balaban J connectivity index is 1.94. The van der Waals surface area contributed by atoms with Gasteiger partial charge < -0.3 is 9.88 Å². The fourth-order valence-corrected chi connectivity index (χ4v) is 2.42. The number of rotatable bonds is 5. The fourth-order valence-electron chi connectivity index (χ4n) is 1.89. The second-order valence-electron chi connectivity index (χ2n) is 4.21. The molecule has 0 aliphatic heterocycles. The molecular weight excluding hydrogens is 285 g/mol. The summed E-state index contributed by atoms with van der Waals surface area (Å²) in [5.74, 6) is 0. The molecule has 0 saturated heterocycles. The summed E-state index contributed by atoms with van der Waals surface area (Å²) in [6, 6.07) is 10.3. The van der Waals surface area contributed by atoms with Crippen LogP contribution in [0.2, 0.25) is 0 Å². The van der Waals surface area contributed by atoms with Crippen molar-refractivity contribution in [2.75, 3.05) is 5.32 Å². The molecule has 6 heteroatoms. The molecule has 2 rings (SSSR count). The molecule has 0 radical (unpaired) electrons. The fraction of sp³-hybridized carbons (Fsp3) is 0.286. The van der Waals surface area contributed by atoms with Crippen LogP contribution in [0.1, 0.15) is 12.6 Å². The molecule has 1 aromatic heterocycles. The van der Waals surface area contributed by atoms with Crippen LogP contribution in [-0.4, -0.2) is 10.1 Å². The predicted molar refractivity (Wildman–Crippen MR) is 75.8 cm³/mol. The topological polar surface area (TPSA) is 17.0 Å². The predicted octanol–water partition coefficient (Wildman–Crippen LogP) is 4.73. The van der Waals surface area contributed by atoms with E-state index in [2.05, 4.69) is 16.8 Å². The molecule has 0 spiro atoms. The highest BCUT2D eigenvalue weighted by Crippen LogP contribution is 2.37. The summed E-state index contributed by atoms with van der Waals surface area (Å²) in [4.78, 5) is 0.194. The zero-order valence-corrected chi connectivity index (χ0v) is 11.8. The Hall–Kier alpha value is -1.56. The minimum atomic E-state index is -4.24. The molecule has 1 N–H and O–H groups in total. The zero-order valence-electron chi connectivity index (χ0n) is 10.9. The van der Waals surface area contributed by atoms with Crippen LogP contribution in [0.4, 0.5) is 18.9 Å². The number of thioether (sulfide) groups is 1. The van der Waals surface area contributed by atoms with Gasteiger partial charge in [-0.25, -0.2) is 0 Å². The molecule has 1 aromatic carbocycles. The Kier molecular flexibility index (Phi) is 4.65. The second kappa shape index (κ2) is 6.26. The van der Waals surface area contributed by atoms with E-state index in [4.69, 9.17) is 0 Å². The third kappa shape index (κ3) is 4.23. The van der Waals surface area contributed by atoms with Crippen molar-refractivity contribution >= 4 is 17.4 Å². The van der Waals surface area contributed by atoms with Crippen molar-refractivity contribution in [1.82, 2.24) is 4.57 Å². The van der Waals surface area contributed by atoms with Crippen molar-refractivity contribution in [3.05, 3.63) is 48.3 Å². The molecule has 0 saturated carbocycles. The van der Waals surface area contributed by atoms with E-state index in [1.807, 2.05) is 18.3 Å². The SMILES string of the molecule is CCn1cccc1CNc1ccc(SC(F)(F)F)cc1. The van der Waals surface area contributed by atoms with Gasteiger partial charge in [-0.15, -0.1) is 0 Å². The second-order valence-corrected chi connectivity index (χ2v) is 5.35. The van der Waals surface area contributed by atoms with E-state index in [0.29, 0.717) is 6.54 Å². The standard InChI is InChI=1S/C14H15F3N2S/c1-2-19-9-3-4-12(19)10-18-11-5-7-13(8-6-11)20-14(15,16)17/h3-9,18H,2,10H2,1H3. The number of anilines is 1. The molecule has 0 aliphatic carbocycles. The minimum absolute atomic E-state index is 0.101. The Morgan fingerprint density at radius 1 is 1.15 bits per heavy atom. The molecule has 0 fully saturated rings. The van der Waals surface area contributed by atoms with Crippen LogP contribution >= 0.6 is 11.8 Å². The first kappa shape index (κ1) is 14.8. The number of alkyl halides is 3. The Bertz CT molecular complexity index is 546. The average molecular weight is 300 g/mol. The lowest BCUT2D eigenvalue weighted by atomic mass is 10.3. The van der Waals surface area contributed by atoms with E-state index in [1.165, 1.54) is 12.1 Å². The van der Waals surface area contributed by atoms with Crippen LogP contribution in [0.3, 0.4) is 0 Å². The van der Waals surface area contributed by atoms with Gasteiger partial charge in [-0.1, -0.05) is 0 Å². The molecule has 1 heterocycles. The highest BCUT2D eigenvalue weighted by Gasteiger charge is 2.28. The van der Waals surface area contributed by atoms with Crippen LogP contribution in [0.5, 0.6) is 0 Å². The van der Waals surface area contributed by atoms with Gasteiger partial charge in [0.1, 0.15) is 0 Å². The molecule has 0 unspecified atom stereocenters. The molecule has 0 amide bonds. The Morgan fingerprint density at radius 3 is 2.45 bits per heavy atom. The maximum absolute atomic E-state index is 12.2. The molecule has 0 aliphatic rings.